The normalized spacial score (nSPS) is 10.7. The highest BCUT2D eigenvalue weighted by atomic mass is 32.2. The molecule has 4 nitrogen and oxygen atoms in total. The molecule has 3 rings (SSSR count). The molecule has 124 valence electrons. The van der Waals surface area contributed by atoms with Crippen molar-refractivity contribution < 1.29 is 9.15 Å². The Bertz CT molecular complexity index is 720. The predicted octanol–water partition coefficient (Wildman–Crippen LogP) is 4.67. The summed E-state index contributed by atoms with van der Waals surface area (Å²) in [6, 6.07) is 20.1. The van der Waals surface area contributed by atoms with E-state index in [1.165, 1.54) is 5.56 Å². The van der Waals surface area contributed by atoms with E-state index in [0.717, 1.165) is 17.3 Å². The van der Waals surface area contributed by atoms with Gasteiger partial charge in [0.25, 0.3) is 5.22 Å². The topological polar surface area (TPSA) is 48.2 Å². The molecule has 0 aliphatic rings. The molecule has 0 radical (unpaired) electrons. The number of benzene rings is 2. The molecule has 0 N–H and O–H groups in total. The van der Waals surface area contributed by atoms with Gasteiger partial charge in [-0.3, -0.25) is 0 Å². The highest BCUT2D eigenvalue weighted by molar-refractivity contribution is 7.98. The zero-order valence-electron chi connectivity index (χ0n) is 13.1. The third-order valence-electron chi connectivity index (χ3n) is 3.12. The molecule has 0 unspecified atom stereocenters. The van der Waals surface area contributed by atoms with Gasteiger partial charge >= 0.3 is 0 Å². The SMILES string of the molecule is c1ccc(CSc2nnc(CSCCOc3ccccc3)o2)cc1. The van der Waals surface area contributed by atoms with Gasteiger partial charge in [0.05, 0.1) is 12.4 Å². The average molecular weight is 358 g/mol. The molecular formula is C18H18N2O2S2. The Labute approximate surface area is 150 Å². The number of para-hydroxylation sites is 1. The van der Waals surface area contributed by atoms with E-state index in [-0.39, 0.29) is 0 Å². The van der Waals surface area contributed by atoms with E-state index in [2.05, 4.69) is 22.3 Å². The van der Waals surface area contributed by atoms with Gasteiger partial charge in [-0.05, 0) is 17.7 Å². The molecule has 0 aliphatic carbocycles. The van der Waals surface area contributed by atoms with Gasteiger partial charge in [-0.2, -0.15) is 0 Å². The van der Waals surface area contributed by atoms with Crippen molar-refractivity contribution in [1.82, 2.24) is 10.2 Å². The van der Waals surface area contributed by atoms with Crippen molar-refractivity contribution in [2.45, 2.75) is 16.7 Å². The lowest BCUT2D eigenvalue weighted by molar-refractivity contribution is 0.344. The van der Waals surface area contributed by atoms with Gasteiger partial charge in [-0.1, -0.05) is 60.3 Å². The summed E-state index contributed by atoms with van der Waals surface area (Å²) in [4.78, 5) is 0. The second kappa shape index (κ2) is 9.39. The van der Waals surface area contributed by atoms with Crippen LogP contribution in [0.2, 0.25) is 0 Å². The van der Waals surface area contributed by atoms with E-state index in [4.69, 9.17) is 9.15 Å². The molecular weight excluding hydrogens is 340 g/mol. The average Bonchev–Trinajstić information content (AvgIpc) is 3.09. The van der Waals surface area contributed by atoms with Gasteiger partial charge in [0, 0.05) is 11.5 Å². The number of thioether (sulfide) groups is 2. The first-order valence-electron chi connectivity index (χ1n) is 7.65. The Morgan fingerprint density at radius 3 is 2.42 bits per heavy atom. The molecule has 1 heterocycles. The maximum Gasteiger partial charge on any atom is 0.276 e. The van der Waals surface area contributed by atoms with Crippen LogP contribution in [-0.2, 0) is 11.5 Å². The number of hydrogen-bond acceptors (Lipinski definition) is 6. The van der Waals surface area contributed by atoms with Crippen LogP contribution in [0.3, 0.4) is 0 Å². The monoisotopic (exact) mass is 358 g/mol. The van der Waals surface area contributed by atoms with Gasteiger partial charge in [0.2, 0.25) is 5.89 Å². The first kappa shape index (κ1) is 16.9. The summed E-state index contributed by atoms with van der Waals surface area (Å²) in [7, 11) is 0. The molecule has 0 bridgehead atoms. The third-order valence-corrected chi connectivity index (χ3v) is 4.91. The summed E-state index contributed by atoms with van der Waals surface area (Å²) in [6.45, 7) is 0.665. The summed E-state index contributed by atoms with van der Waals surface area (Å²) in [5.41, 5.74) is 1.25. The van der Waals surface area contributed by atoms with Crippen molar-refractivity contribution in [3.8, 4) is 5.75 Å². The molecule has 0 aliphatic heterocycles. The minimum atomic E-state index is 0.620. The van der Waals surface area contributed by atoms with Crippen LogP contribution < -0.4 is 4.74 Å². The zero-order valence-corrected chi connectivity index (χ0v) is 14.8. The molecule has 0 atom stereocenters. The highest BCUT2D eigenvalue weighted by Gasteiger charge is 2.07. The Hall–Kier alpha value is -1.92. The van der Waals surface area contributed by atoms with Crippen LogP contribution in [0.25, 0.3) is 0 Å². The fraction of sp³-hybridized carbons (Fsp3) is 0.222. The van der Waals surface area contributed by atoms with Crippen LogP contribution >= 0.6 is 23.5 Å². The van der Waals surface area contributed by atoms with Crippen LogP contribution in [0.1, 0.15) is 11.5 Å². The van der Waals surface area contributed by atoms with Gasteiger partial charge in [-0.25, -0.2) is 0 Å². The second-order valence-electron chi connectivity index (χ2n) is 4.95. The van der Waals surface area contributed by atoms with Crippen LogP contribution in [0.4, 0.5) is 0 Å². The highest BCUT2D eigenvalue weighted by Crippen LogP contribution is 2.22. The van der Waals surface area contributed by atoms with E-state index in [9.17, 15) is 0 Å². The fourth-order valence-electron chi connectivity index (χ4n) is 1.97. The van der Waals surface area contributed by atoms with E-state index in [1.807, 2.05) is 48.5 Å². The van der Waals surface area contributed by atoms with Gasteiger partial charge in [0.1, 0.15) is 5.75 Å². The fourth-order valence-corrected chi connectivity index (χ4v) is 3.34. The molecule has 24 heavy (non-hydrogen) atoms. The summed E-state index contributed by atoms with van der Waals surface area (Å²) in [5.74, 6) is 3.98. The van der Waals surface area contributed by atoms with Crippen LogP contribution in [0.5, 0.6) is 5.75 Å². The van der Waals surface area contributed by atoms with Crippen molar-refractivity contribution in [3.63, 3.8) is 0 Å². The Kier molecular flexibility index (Phi) is 6.62. The molecule has 6 heteroatoms. The molecule has 2 aromatic carbocycles. The minimum Gasteiger partial charge on any atom is -0.493 e. The summed E-state index contributed by atoms with van der Waals surface area (Å²) >= 11 is 3.28. The van der Waals surface area contributed by atoms with E-state index in [0.29, 0.717) is 23.5 Å². The molecule has 0 saturated heterocycles. The maximum absolute atomic E-state index is 5.65. The van der Waals surface area contributed by atoms with E-state index >= 15 is 0 Å². The van der Waals surface area contributed by atoms with Crippen molar-refractivity contribution in [1.29, 1.82) is 0 Å². The number of ether oxygens (including phenoxy) is 1. The molecule has 3 aromatic rings. The number of hydrogen-bond donors (Lipinski definition) is 0. The lowest BCUT2D eigenvalue weighted by atomic mass is 10.2. The summed E-state index contributed by atoms with van der Waals surface area (Å²) in [5, 5.41) is 8.78. The maximum atomic E-state index is 5.65. The number of nitrogens with zero attached hydrogens (tertiary/aromatic N) is 2. The summed E-state index contributed by atoms with van der Waals surface area (Å²) in [6.07, 6.45) is 0. The predicted molar refractivity (Wildman–Crippen MR) is 98.4 cm³/mol. The van der Waals surface area contributed by atoms with Gasteiger partial charge in [0.15, 0.2) is 0 Å². The lowest BCUT2D eigenvalue weighted by Gasteiger charge is -2.04. The Morgan fingerprint density at radius 2 is 1.62 bits per heavy atom. The van der Waals surface area contributed by atoms with E-state index < -0.39 is 0 Å². The van der Waals surface area contributed by atoms with Crippen LogP contribution in [-0.4, -0.2) is 22.6 Å². The minimum absolute atomic E-state index is 0.620. The second-order valence-corrected chi connectivity index (χ2v) is 6.98. The zero-order chi connectivity index (χ0) is 16.5. The molecule has 0 saturated carbocycles. The van der Waals surface area contributed by atoms with Crippen molar-refractivity contribution in [3.05, 3.63) is 72.1 Å². The van der Waals surface area contributed by atoms with E-state index in [1.54, 1.807) is 23.5 Å². The smallest absolute Gasteiger partial charge is 0.276 e. The largest absolute Gasteiger partial charge is 0.493 e. The van der Waals surface area contributed by atoms with Crippen LogP contribution in [0, 0.1) is 0 Å². The Morgan fingerprint density at radius 1 is 0.875 bits per heavy atom. The van der Waals surface area contributed by atoms with Crippen molar-refractivity contribution >= 4 is 23.5 Å². The van der Waals surface area contributed by atoms with Gasteiger partial charge < -0.3 is 9.15 Å². The molecule has 0 spiro atoms. The standard InChI is InChI=1S/C18H18N2O2S2/c1-3-7-15(8-4-1)13-24-18-20-19-17(22-18)14-23-12-11-21-16-9-5-2-6-10-16/h1-10H,11-14H2. The van der Waals surface area contributed by atoms with Crippen molar-refractivity contribution in [2.75, 3.05) is 12.4 Å². The van der Waals surface area contributed by atoms with Crippen LogP contribution in [0.15, 0.2) is 70.3 Å². The number of rotatable bonds is 9. The quantitative estimate of drug-likeness (QED) is 0.409. The third kappa shape index (κ3) is 5.62. The summed E-state index contributed by atoms with van der Waals surface area (Å²) < 4.78 is 11.3. The molecule has 0 fully saturated rings. The molecule has 1 aromatic heterocycles. The van der Waals surface area contributed by atoms with Gasteiger partial charge in [-0.15, -0.1) is 22.0 Å². The Balaban J connectivity index is 1.34. The lowest BCUT2D eigenvalue weighted by Crippen LogP contribution is -2.00. The first-order chi connectivity index (χ1) is 11.9. The molecule has 0 amide bonds. The number of aromatic nitrogens is 2. The van der Waals surface area contributed by atoms with Crippen molar-refractivity contribution in [2.24, 2.45) is 0 Å². The first-order valence-corrected chi connectivity index (χ1v) is 9.79.